The maximum Gasteiger partial charge on any atom is 0.307 e. The predicted octanol–water partition coefficient (Wildman–Crippen LogP) is 3.77. The largest absolute Gasteiger partial charge is 0.507 e. The van der Waals surface area contributed by atoms with Gasteiger partial charge in [0.25, 0.3) is 0 Å². The molecule has 0 spiro atoms. The SMILES string of the molecule is O=c1[nH]c(O)c(/C=C2\C=Nc3ccccc3N=C2c2ccccc2O)s1. The molecule has 1 aliphatic heterocycles. The number of phenols is 1. The summed E-state index contributed by atoms with van der Waals surface area (Å²) in [6.45, 7) is 0. The van der Waals surface area contributed by atoms with Crippen molar-refractivity contribution in [2.75, 3.05) is 0 Å². The number of allylic oxidation sites excluding steroid dienone is 1. The summed E-state index contributed by atoms with van der Waals surface area (Å²) in [7, 11) is 0. The molecule has 0 saturated carbocycles. The van der Waals surface area contributed by atoms with Crippen LogP contribution in [0.3, 0.4) is 0 Å². The van der Waals surface area contributed by atoms with Gasteiger partial charge in [-0.15, -0.1) is 0 Å². The molecular weight excluding hydrogens is 350 g/mol. The van der Waals surface area contributed by atoms with Crippen molar-refractivity contribution in [3.63, 3.8) is 0 Å². The van der Waals surface area contributed by atoms with Gasteiger partial charge in [0, 0.05) is 17.4 Å². The zero-order chi connectivity index (χ0) is 18.1. The molecule has 0 atom stereocenters. The molecule has 128 valence electrons. The minimum absolute atomic E-state index is 0.0800. The van der Waals surface area contributed by atoms with Crippen molar-refractivity contribution in [3.05, 3.63) is 74.2 Å². The molecule has 6 nitrogen and oxygen atoms in total. The lowest BCUT2D eigenvalue weighted by molar-refractivity contribution is 0.455. The van der Waals surface area contributed by atoms with Crippen molar-refractivity contribution < 1.29 is 10.2 Å². The summed E-state index contributed by atoms with van der Waals surface area (Å²) in [5, 5.41) is 20.2. The molecule has 0 fully saturated rings. The molecule has 26 heavy (non-hydrogen) atoms. The monoisotopic (exact) mass is 363 g/mol. The summed E-state index contributed by atoms with van der Waals surface area (Å²) in [5.74, 6) is -0.129. The molecule has 0 amide bonds. The molecule has 2 heterocycles. The Labute approximate surface area is 152 Å². The number of thiazole rings is 1. The van der Waals surface area contributed by atoms with Gasteiger partial charge >= 0.3 is 4.87 Å². The lowest BCUT2D eigenvalue weighted by Gasteiger charge is -2.08. The standard InChI is InChI=1S/C19H13N3O3S/c23-15-8-4-1-5-12(15)17-11(9-16-18(24)22-19(25)26-16)10-20-13-6-2-3-7-14(13)21-17/h1-10,23-24H,(H,22,25)/b11-9+. The molecule has 0 bridgehead atoms. The van der Waals surface area contributed by atoms with Crippen LogP contribution in [0.25, 0.3) is 6.08 Å². The van der Waals surface area contributed by atoms with Gasteiger partial charge in [-0.25, -0.2) is 4.99 Å². The third-order valence-electron chi connectivity index (χ3n) is 3.83. The Kier molecular flexibility index (Phi) is 3.98. The first-order valence-corrected chi connectivity index (χ1v) is 8.58. The van der Waals surface area contributed by atoms with Crippen LogP contribution in [-0.2, 0) is 0 Å². The second-order valence-electron chi connectivity index (χ2n) is 5.55. The summed E-state index contributed by atoms with van der Waals surface area (Å²) in [6, 6.07) is 14.3. The summed E-state index contributed by atoms with van der Waals surface area (Å²) >= 11 is 0.883. The van der Waals surface area contributed by atoms with Gasteiger partial charge in [-0.2, -0.15) is 0 Å². The molecule has 3 N–H and O–H groups in total. The van der Waals surface area contributed by atoms with Crippen molar-refractivity contribution in [2.24, 2.45) is 9.98 Å². The van der Waals surface area contributed by atoms with Gasteiger partial charge in [-0.1, -0.05) is 35.6 Å². The minimum Gasteiger partial charge on any atom is -0.507 e. The van der Waals surface area contributed by atoms with Gasteiger partial charge in [0.1, 0.15) is 5.75 Å². The highest BCUT2D eigenvalue weighted by molar-refractivity contribution is 7.10. The van der Waals surface area contributed by atoms with E-state index in [0.717, 1.165) is 11.3 Å². The average molecular weight is 363 g/mol. The van der Waals surface area contributed by atoms with Gasteiger partial charge in [0.15, 0.2) is 0 Å². The number of nitrogens with zero attached hydrogens (tertiary/aromatic N) is 2. The van der Waals surface area contributed by atoms with E-state index < -0.39 is 0 Å². The zero-order valence-electron chi connectivity index (χ0n) is 13.4. The Morgan fingerprint density at radius 1 is 1.00 bits per heavy atom. The number of hydrogen-bond donors (Lipinski definition) is 3. The Balaban J connectivity index is 1.96. The second-order valence-corrected chi connectivity index (χ2v) is 6.57. The molecule has 1 aromatic heterocycles. The molecule has 0 saturated heterocycles. The number of para-hydroxylation sites is 3. The van der Waals surface area contributed by atoms with E-state index in [1.54, 1.807) is 36.6 Å². The van der Waals surface area contributed by atoms with E-state index in [1.165, 1.54) is 0 Å². The van der Waals surface area contributed by atoms with Crippen LogP contribution >= 0.6 is 11.3 Å². The molecule has 0 unspecified atom stereocenters. The molecule has 3 aromatic rings. The number of H-pyrrole nitrogens is 1. The predicted molar refractivity (Wildman–Crippen MR) is 103 cm³/mol. The van der Waals surface area contributed by atoms with Crippen molar-refractivity contribution >= 4 is 40.7 Å². The number of aliphatic imine (C=N–C) groups is 2. The van der Waals surface area contributed by atoms with Gasteiger partial charge in [0.05, 0.1) is 22.0 Å². The maximum atomic E-state index is 11.5. The number of rotatable bonds is 2. The maximum absolute atomic E-state index is 11.5. The number of aromatic nitrogens is 1. The molecular formula is C19H13N3O3S. The average Bonchev–Trinajstić information content (AvgIpc) is 2.84. The molecule has 0 radical (unpaired) electrons. The van der Waals surface area contributed by atoms with E-state index in [9.17, 15) is 15.0 Å². The first kappa shape index (κ1) is 16.0. The van der Waals surface area contributed by atoms with Crippen molar-refractivity contribution in [1.82, 2.24) is 4.98 Å². The number of aromatic hydroxyl groups is 2. The lowest BCUT2D eigenvalue weighted by Crippen LogP contribution is -2.06. The number of phenolic OH excluding ortho intramolecular Hbond substituents is 1. The molecule has 4 rings (SSSR count). The zero-order valence-corrected chi connectivity index (χ0v) is 14.2. The Morgan fingerprint density at radius 3 is 2.46 bits per heavy atom. The smallest absolute Gasteiger partial charge is 0.307 e. The Hall–Kier alpha value is -3.45. The van der Waals surface area contributed by atoms with E-state index in [0.29, 0.717) is 33.1 Å². The molecule has 0 aliphatic carbocycles. The van der Waals surface area contributed by atoms with E-state index in [-0.39, 0.29) is 16.5 Å². The summed E-state index contributed by atoms with van der Waals surface area (Å²) in [5.41, 5.74) is 2.95. The quantitative estimate of drug-likeness (QED) is 0.646. The van der Waals surface area contributed by atoms with Crippen LogP contribution in [0.2, 0.25) is 0 Å². The van der Waals surface area contributed by atoms with Crippen LogP contribution in [0, 0.1) is 0 Å². The number of fused-ring (bicyclic) bond motifs is 1. The van der Waals surface area contributed by atoms with E-state index >= 15 is 0 Å². The summed E-state index contributed by atoms with van der Waals surface area (Å²) < 4.78 is 0. The van der Waals surface area contributed by atoms with Gasteiger partial charge in [0.2, 0.25) is 5.88 Å². The van der Waals surface area contributed by atoms with Crippen molar-refractivity contribution in [3.8, 4) is 11.6 Å². The van der Waals surface area contributed by atoms with Gasteiger partial charge in [-0.3, -0.25) is 14.8 Å². The van der Waals surface area contributed by atoms with E-state index in [2.05, 4.69) is 15.0 Å². The first-order valence-electron chi connectivity index (χ1n) is 7.76. The Bertz CT molecular complexity index is 1140. The third-order valence-corrected chi connectivity index (χ3v) is 4.65. The number of aromatic amines is 1. The van der Waals surface area contributed by atoms with Crippen LogP contribution in [0.4, 0.5) is 11.4 Å². The highest BCUT2D eigenvalue weighted by atomic mass is 32.1. The number of nitrogens with one attached hydrogen (secondary N) is 1. The Morgan fingerprint density at radius 2 is 1.73 bits per heavy atom. The fraction of sp³-hybridized carbons (Fsp3) is 0. The number of hydrogen-bond acceptors (Lipinski definition) is 6. The second kappa shape index (κ2) is 6.45. The van der Waals surface area contributed by atoms with Crippen LogP contribution in [0.1, 0.15) is 10.4 Å². The topological polar surface area (TPSA) is 98.0 Å². The summed E-state index contributed by atoms with van der Waals surface area (Å²) in [6.07, 6.45) is 3.24. The van der Waals surface area contributed by atoms with Gasteiger partial charge < -0.3 is 10.2 Å². The fourth-order valence-electron chi connectivity index (χ4n) is 2.62. The molecule has 1 aliphatic rings. The highest BCUT2D eigenvalue weighted by Crippen LogP contribution is 2.33. The van der Waals surface area contributed by atoms with E-state index in [1.807, 2.05) is 24.3 Å². The van der Waals surface area contributed by atoms with Crippen LogP contribution in [0.5, 0.6) is 11.6 Å². The molecule has 7 heteroatoms. The lowest BCUT2D eigenvalue weighted by atomic mass is 10.0. The van der Waals surface area contributed by atoms with Crippen LogP contribution in [-0.4, -0.2) is 27.1 Å². The van der Waals surface area contributed by atoms with Gasteiger partial charge in [-0.05, 0) is 30.3 Å². The van der Waals surface area contributed by atoms with Crippen LogP contribution in [0.15, 0.2) is 68.9 Å². The fourth-order valence-corrected chi connectivity index (χ4v) is 3.30. The number of benzene rings is 2. The van der Waals surface area contributed by atoms with Crippen molar-refractivity contribution in [1.29, 1.82) is 0 Å². The minimum atomic E-state index is -0.357. The third kappa shape index (κ3) is 2.96. The van der Waals surface area contributed by atoms with Crippen LogP contribution < -0.4 is 4.87 Å². The highest BCUT2D eigenvalue weighted by Gasteiger charge is 2.18. The normalized spacial score (nSPS) is 14.8. The summed E-state index contributed by atoms with van der Waals surface area (Å²) in [4.78, 5) is 23.0. The van der Waals surface area contributed by atoms with Crippen molar-refractivity contribution in [2.45, 2.75) is 0 Å². The molecule has 2 aromatic carbocycles. The first-order chi connectivity index (χ1) is 12.6. The van der Waals surface area contributed by atoms with E-state index in [4.69, 9.17) is 0 Å².